The van der Waals surface area contributed by atoms with Gasteiger partial charge in [-0.3, -0.25) is 4.79 Å². The molecule has 1 aliphatic rings. The molecule has 2 heteroatoms. The molecule has 0 radical (unpaired) electrons. The number of allylic oxidation sites excluding steroid dienone is 3. The van der Waals surface area contributed by atoms with Crippen molar-refractivity contribution in [1.82, 2.24) is 0 Å². The summed E-state index contributed by atoms with van der Waals surface area (Å²) >= 11 is 0. The van der Waals surface area contributed by atoms with Gasteiger partial charge in [0.2, 0.25) is 0 Å². The predicted octanol–water partition coefficient (Wildman–Crippen LogP) is 4.80. The Balaban J connectivity index is 2.53. The van der Waals surface area contributed by atoms with E-state index in [0.29, 0.717) is 12.0 Å². The third kappa shape index (κ3) is 5.22. The van der Waals surface area contributed by atoms with Crippen LogP contribution >= 0.6 is 0 Å². The highest BCUT2D eigenvalue weighted by molar-refractivity contribution is 5.66. The van der Waals surface area contributed by atoms with Gasteiger partial charge in [0.1, 0.15) is 6.61 Å². The van der Waals surface area contributed by atoms with Gasteiger partial charge >= 0.3 is 5.97 Å². The molecule has 1 aliphatic carbocycles. The van der Waals surface area contributed by atoms with Crippen molar-refractivity contribution in [3.8, 4) is 0 Å². The molecule has 0 amide bonds. The minimum Gasteiger partial charge on any atom is -0.462 e. The van der Waals surface area contributed by atoms with Crippen LogP contribution in [-0.2, 0) is 9.53 Å². The van der Waals surface area contributed by atoms with Gasteiger partial charge < -0.3 is 4.74 Å². The monoisotopic (exact) mass is 264 g/mol. The Kier molecular flexibility index (Phi) is 5.84. The van der Waals surface area contributed by atoms with Crippen LogP contribution in [0, 0.1) is 5.41 Å². The molecule has 0 bridgehead atoms. The maximum Gasteiger partial charge on any atom is 0.302 e. The molecular formula is C17H28O2. The number of hydrogen-bond acceptors (Lipinski definition) is 2. The number of esters is 1. The van der Waals surface area contributed by atoms with Crippen LogP contribution in [0.4, 0.5) is 0 Å². The van der Waals surface area contributed by atoms with Crippen molar-refractivity contribution in [3.05, 3.63) is 22.8 Å². The Labute approximate surface area is 117 Å². The van der Waals surface area contributed by atoms with E-state index >= 15 is 0 Å². The van der Waals surface area contributed by atoms with E-state index in [1.54, 1.807) is 11.1 Å². The zero-order chi connectivity index (χ0) is 14.5. The van der Waals surface area contributed by atoms with Gasteiger partial charge in [-0.05, 0) is 57.4 Å². The summed E-state index contributed by atoms with van der Waals surface area (Å²) in [5.41, 5.74) is 4.89. The first-order valence-corrected chi connectivity index (χ1v) is 7.31. The Bertz CT molecular complexity index is 386. The van der Waals surface area contributed by atoms with E-state index in [1.807, 2.05) is 6.08 Å². The number of ether oxygens (including phenoxy) is 1. The molecular weight excluding hydrogens is 236 g/mol. The van der Waals surface area contributed by atoms with Crippen LogP contribution in [0.2, 0.25) is 0 Å². The standard InChI is InChI=1S/C17H28O2/c1-13(10-12-19-15(3)18)8-9-16-14(2)7-6-11-17(16,4)5/h10H,6-9,11-12H2,1-5H3/b13-10+. The lowest BCUT2D eigenvalue weighted by molar-refractivity contribution is -0.139. The topological polar surface area (TPSA) is 26.3 Å². The van der Waals surface area contributed by atoms with Gasteiger partial charge in [0.15, 0.2) is 0 Å². The molecule has 19 heavy (non-hydrogen) atoms. The lowest BCUT2D eigenvalue weighted by Gasteiger charge is -2.34. The van der Waals surface area contributed by atoms with E-state index in [9.17, 15) is 4.79 Å². The average molecular weight is 264 g/mol. The van der Waals surface area contributed by atoms with Crippen molar-refractivity contribution in [2.24, 2.45) is 5.41 Å². The second-order valence-corrected chi connectivity index (χ2v) is 6.35. The Morgan fingerprint density at radius 1 is 1.37 bits per heavy atom. The van der Waals surface area contributed by atoms with Crippen LogP contribution in [0.5, 0.6) is 0 Å². The lowest BCUT2D eigenvalue weighted by Crippen LogP contribution is -2.20. The van der Waals surface area contributed by atoms with Crippen LogP contribution in [0.25, 0.3) is 0 Å². The molecule has 108 valence electrons. The molecule has 0 aromatic heterocycles. The zero-order valence-corrected chi connectivity index (χ0v) is 13.1. The molecule has 0 aliphatic heterocycles. The summed E-state index contributed by atoms with van der Waals surface area (Å²) in [4.78, 5) is 10.7. The summed E-state index contributed by atoms with van der Waals surface area (Å²) in [6, 6.07) is 0. The van der Waals surface area contributed by atoms with Crippen molar-refractivity contribution >= 4 is 5.97 Å². The molecule has 1 rings (SSSR count). The Morgan fingerprint density at radius 3 is 2.63 bits per heavy atom. The molecule has 0 atom stereocenters. The Hall–Kier alpha value is -1.05. The quantitative estimate of drug-likeness (QED) is 0.526. The first kappa shape index (κ1) is 16.0. The van der Waals surface area contributed by atoms with Gasteiger partial charge in [-0.25, -0.2) is 0 Å². The minimum atomic E-state index is -0.212. The highest BCUT2D eigenvalue weighted by atomic mass is 16.5. The van der Waals surface area contributed by atoms with E-state index in [0.717, 1.165) is 12.8 Å². The van der Waals surface area contributed by atoms with Gasteiger partial charge in [0.05, 0.1) is 0 Å². The first-order valence-electron chi connectivity index (χ1n) is 7.31. The van der Waals surface area contributed by atoms with E-state index in [2.05, 4.69) is 27.7 Å². The minimum absolute atomic E-state index is 0.212. The number of carbonyl (C=O) groups excluding carboxylic acids is 1. The van der Waals surface area contributed by atoms with E-state index < -0.39 is 0 Å². The molecule has 0 fully saturated rings. The molecule has 0 heterocycles. The maximum atomic E-state index is 10.7. The summed E-state index contributed by atoms with van der Waals surface area (Å²) in [6.07, 6.45) is 8.11. The molecule has 0 saturated heterocycles. The second kappa shape index (κ2) is 6.93. The molecule has 2 nitrogen and oxygen atoms in total. The van der Waals surface area contributed by atoms with E-state index in [1.165, 1.54) is 31.8 Å². The normalized spacial score (nSPS) is 19.5. The molecule has 0 unspecified atom stereocenters. The number of rotatable bonds is 5. The average Bonchev–Trinajstić information content (AvgIpc) is 2.26. The van der Waals surface area contributed by atoms with Crippen molar-refractivity contribution in [1.29, 1.82) is 0 Å². The molecule has 0 spiro atoms. The summed E-state index contributed by atoms with van der Waals surface area (Å²) in [6.45, 7) is 11.0. The Morgan fingerprint density at radius 2 is 2.05 bits per heavy atom. The number of hydrogen-bond donors (Lipinski definition) is 0. The highest BCUT2D eigenvalue weighted by Gasteiger charge is 2.27. The third-order valence-corrected chi connectivity index (χ3v) is 4.17. The fourth-order valence-corrected chi connectivity index (χ4v) is 2.95. The van der Waals surface area contributed by atoms with Crippen molar-refractivity contribution in [3.63, 3.8) is 0 Å². The third-order valence-electron chi connectivity index (χ3n) is 4.17. The molecule has 0 aromatic carbocycles. The van der Waals surface area contributed by atoms with Gasteiger partial charge in [-0.1, -0.05) is 30.6 Å². The van der Waals surface area contributed by atoms with Crippen molar-refractivity contribution < 1.29 is 9.53 Å². The van der Waals surface area contributed by atoms with Gasteiger partial charge in [-0.15, -0.1) is 0 Å². The molecule has 0 saturated carbocycles. The van der Waals surface area contributed by atoms with E-state index in [-0.39, 0.29) is 5.97 Å². The highest BCUT2D eigenvalue weighted by Crippen LogP contribution is 2.42. The summed E-state index contributed by atoms with van der Waals surface area (Å²) in [5.74, 6) is -0.212. The smallest absolute Gasteiger partial charge is 0.302 e. The molecule has 0 N–H and O–H groups in total. The SMILES string of the molecule is CC(=O)OC/C=C(\C)CCC1=C(C)CCCC1(C)C. The van der Waals surface area contributed by atoms with Crippen molar-refractivity contribution in [2.75, 3.05) is 6.61 Å². The maximum absolute atomic E-state index is 10.7. The van der Waals surface area contributed by atoms with Crippen LogP contribution in [0.3, 0.4) is 0 Å². The summed E-state index contributed by atoms with van der Waals surface area (Å²) in [7, 11) is 0. The van der Waals surface area contributed by atoms with Crippen LogP contribution in [0.1, 0.15) is 66.7 Å². The van der Waals surface area contributed by atoms with Crippen LogP contribution in [-0.4, -0.2) is 12.6 Å². The zero-order valence-electron chi connectivity index (χ0n) is 13.1. The van der Waals surface area contributed by atoms with Gasteiger partial charge in [-0.2, -0.15) is 0 Å². The van der Waals surface area contributed by atoms with Gasteiger partial charge in [0.25, 0.3) is 0 Å². The first-order chi connectivity index (χ1) is 8.83. The fourth-order valence-electron chi connectivity index (χ4n) is 2.95. The largest absolute Gasteiger partial charge is 0.462 e. The van der Waals surface area contributed by atoms with Crippen LogP contribution < -0.4 is 0 Å². The van der Waals surface area contributed by atoms with Crippen LogP contribution in [0.15, 0.2) is 22.8 Å². The van der Waals surface area contributed by atoms with Crippen molar-refractivity contribution in [2.45, 2.75) is 66.7 Å². The summed E-state index contributed by atoms with van der Waals surface area (Å²) in [5, 5.41) is 0. The fraction of sp³-hybridized carbons (Fsp3) is 0.706. The number of carbonyl (C=O) groups is 1. The summed E-state index contributed by atoms with van der Waals surface area (Å²) < 4.78 is 4.94. The second-order valence-electron chi connectivity index (χ2n) is 6.35. The molecule has 0 aromatic rings. The van der Waals surface area contributed by atoms with Gasteiger partial charge in [0, 0.05) is 6.92 Å². The van der Waals surface area contributed by atoms with E-state index in [4.69, 9.17) is 4.74 Å². The predicted molar refractivity (Wildman–Crippen MR) is 80.0 cm³/mol. The lowest BCUT2D eigenvalue weighted by atomic mass is 9.71.